The van der Waals surface area contributed by atoms with Crippen LogP contribution in [0.25, 0.3) is 0 Å². The van der Waals surface area contributed by atoms with Gasteiger partial charge in [-0.3, -0.25) is 14.3 Å². The molecule has 2 heterocycles. The number of aromatic amines is 1. The summed E-state index contributed by atoms with van der Waals surface area (Å²) < 4.78 is 6.13. The zero-order valence-electron chi connectivity index (χ0n) is 9.98. The SMILES string of the molecule is Cc1cc(CNc2c(N)n(C)c(=O)[nH]c2=O)on1. The van der Waals surface area contributed by atoms with Crippen molar-refractivity contribution in [1.82, 2.24) is 14.7 Å². The first-order valence-corrected chi connectivity index (χ1v) is 5.24. The summed E-state index contributed by atoms with van der Waals surface area (Å²) in [4.78, 5) is 25.0. The second kappa shape index (κ2) is 4.40. The lowest BCUT2D eigenvalue weighted by Crippen LogP contribution is -2.32. The lowest BCUT2D eigenvalue weighted by atomic mass is 10.3. The van der Waals surface area contributed by atoms with Crippen molar-refractivity contribution >= 4 is 11.5 Å². The van der Waals surface area contributed by atoms with Crippen LogP contribution in [0, 0.1) is 6.92 Å². The zero-order chi connectivity index (χ0) is 13.3. The van der Waals surface area contributed by atoms with Crippen molar-refractivity contribution in [2.24, 2.45) is 7.05 Å². The van der Waals surface area contributed by atoms with Crippen molar-refractivity contribution in [3.8, 4) is 0 Å². The summed E-state index contributed by atoms with van der Waals surface area (Å²) in [5.41, 5.74) is 5.44. The molecule has 96 valence electrons. The number of nitrogens with two attached hydrogens (primary N) is 1. The van der Waals surface area contributed by atoms with Gasteiger partial charge in [-0.15, -0.1) is 0 Å². The van der Waals surface area contributed by atoms with Crippen molar-refractivity contribution in [3.05, 3.63) is 38.4 Å². The van der Waals surface area contributed by atoms with Crippen LogP contribution in [-0.4, -0.2) is 14.7 Å². The molecule has 0 spiro atoms. The number of anilines is 2. The average Bonchev–Trinajstić information content (AvgIpc) is 2.72. The number of H-pyrrole nitrogens is 1. The molecular weight excluding hydrogens is 238 g/mol. The molecule has 0 fully saturated rings. The first kappa shape index (κ1) is 12.0. The van der Waals surface area contributed by atoms with Crippen LogP contribution in [0.5, 0.6) is 0 Å². The third-order valence-corrected chi connectivity index (χ3v) is 2.49. The molecular formula is C10H13N5O3. The van der Waals surface area contributed by atoms with Gasteiger partial charge in [-0.25, -0.2) is 4.79 Å². The van der Waals surface area contributed by atoms with Crippen LogP contribution in [0.4, 0.5) is 11.5 Å². The number of aromatic nitrogens is 3. The van der Waals surface area contributed by atoms with Gasteiger partial charge in [0.05, 0.1) is 12.2 Å². The topological polar surface area (TPSA) is 119 Å². The molecule has 18 heavy (non-hydrogen) atoms. The second-order valence-electron chi connectivity index (χ2n) is 3.87. The summed E-state index contributed by atoms with van der Waals surface area (Å²) in [6.45, 7) is 2.05. The monoisotopic (exact) mass is 251 g/mol. The van der Waals surface area contributed by atoms with Gasteiger partial charge in [0.25, 0.3) is 5.56 Å². The zero-order valence-corrected chi connectivity index (χ0v) is 9.98. The lowest BCUT2D eigenvalue weighted by Gasteiger charge is -2.09. The molecule has 2 rings (SSSR count). The third kappa shape index (κ3) is 2.12. The molecule has 0 saturated heterocycles. The van der Waals surface area contributed by atoms with Gasteiger partial charge >= 0.3 is 5.69 Å². The Hall–Kier alpha value is -2.51. The highest BCUT2D eigenvalue weighted by atomic mass is 16.5. The Morgan fingerprint density at radius 2 is 2.28 bits per heavy atom. The number of rotatable bonds is 3. The molecule has 2 aromatic heterocycles. The summed E-state index contributed by atoms with van der Waals surface area (Å²) in [6.07, 6.45) is 0. The Bertz CT molecular complexity index is 682. The lowest BCUT2D eigenvalue weighted by molar-refractivity contribution is 0.384. The van der Waals surface area contributed by atoms with E-state index in [4.69, 9.17) is 10.3 Å². The van der Waals surface area contributed by atoms with Crippen molar-refractivity contribution < 1.29 is 4.52 Å². The standard InChI is InChI=1S/C10H13N5O3/c1-5-3-6(18-14-5)4-12-7-8(11)15(2)10(17)13-9(7)16/h3,12H,4,11H2,1-2H3,(H,13,16,17). The molecule has 8 heteroatoms. The Morgan fingerprint density at radius 1 is 1.56 bits per heavy atom. The maximum absolute atomic E-state index is 11.6. The van der Waals surface area contributed by atoms with Crippen LogP contribution in [-0.2, 0) is 13.6 Å². The van der Waals surface area contributed by atoms with Crippen LogP contribution in [0.15, 0.2) is 20.2 Å². The van der Waals surface area contributed by atoms with Gasteiger partial charge in [0, 0.05) is 13.1 Å². The van der Waals surface area contributed by atoms with E-state index in [2.05, 4.69) is 15.5 Å². The van der Waals surface area contributed by atoms with Crippen LogP contribution in [0.1, 0.15) is 11.5 Å². The third-order valence-electron chi connectivity index (χ3n) is 2.49. The van der Waals surface area contributed by atoms with Crippen molar-refractivity contribution in [2.75, 3.05) is 11.1 Å². The largest absolute Gasteiger partial charge is 0.383 e. The minimum atomic E-state index is -0.563. The normalized spacial score (nSPS) is 10.6. The smallest absolute Gasteiger partial charge is 0.329 e. The molecule has 0 saturated carbocycles. The Kier molecular flexibility index (Phi) is 2.92. The quantitative estimate of drug-likeness (QED) is 0.680. The van der Waals surface area contributed by atoms with Crippen LogP contribution in [0.2, 0.25) is 0 Å². The van der Waals surface area contributed by atoms with E-state index < -0.39 is 11.2 Å². The van der Waals surface area contributed by atoms with Gasteiger partial charge in [-0.2, -0.15) is 0 Å². The van der Waals surface area contributed by atoms with Crippen LogP contribution >= 0.6 is 0 Å². The fraction of sp³-hybridized carbons (Fsp3) is 0.300. The van der Waals surface area contributed by atoms with Gasteiger partial charge in [0.1, 0.15) is 11.5 Å². The second-order valence-corrected chi connectivity index (χ2v) is 3.87. The molecule has 0 aliphatic heterocycles. The fourth-order valence-corrected chi connectivity index (χ4v) is 1.48. The Morgan fingerprint density at radius 3 is 2.89 bits per heavy atom. The molecule has 0 unspecified atom stereocenters. The summed E-state index contributed by atoms with van der Waals surface area (Å²) in [5, 5.41) is 6.53. The number of nitrogen functional groups attached to an aromatic ring is 1. The molecule has 2 aromatic rings. The summed E-state index contributed by atoms with van der Waals surface area (Å²) in [7, 11) is 1.47. The molecule has 0 aromatic carbocycles. The van der Waals surface area contributed by atoms with E-state index in [9.17, 15) is 9.59 Å². The number of nitrogens with one attached hydrogen (secondary N) is 2. The highest BCUT2D eigenvalue weighted by Gasteiger charge is 2.10. The van der Waals surface area contributed by atoms with E-state index in [0.717, 1.165) is 10.3 Å². The van der Waals surface area contributed by atoms with Crippen molar-refractivity contribution in [2.45, 2.75) is 13.5 Å². The molecule has 0 aliphatic rings. The van der Waals surface area contributed by atoms with Gasteiger partial charge in [-0.05, 0) is 6.92 Å². The minimum Gasteiger partial charge on any atom is -0.383 e. The van der Waals surface area contributed by atoms with Crippen molar-refractivity contribution in [3.63, 3.8) is 0 Å². The average molecular weight is 251 g/mol. The van der Waals surface area contributed by atoms with E-state index in [1.54, 1.807) is 13.0 Å². The van der Waals surface area contributed by atoms with E-state index in [0.29, 0.717) is 5.76 Å². The molecule has 4 N–H and O–H groups in total. The molecule has 0 radical (unpaired) electrons. The minimum absolute atomic E-state index is 0.0694. The van der Waals surface area contributed by atoms with E-state index in [1.165, 1.54) is 7.05 Å². The number of nitrogens with zero attached hydrogens (tertiary/aromatic N) is 2. The molecule has 0 atom stereocenters. The number of hydrogen-bond acceptors (Lipinski definition) is 6. The first-order chi connectivity index (χ1) is 8.49. The molecule has 0 aliphatic carbocycles. The summed E-state index contributed by atoms with van der Waals surface area (Å²) in [6, 6.07) is 1.74. The van der Waals surface area contributed by atoms with E-state index >= 15 is 0 Å². The van der Waals surface area contributed by atoms with Gasteiger partial charge in [0.15, 0.2) is 5.76 Å². The highest BCUT2D eigenvalue weighted by Crippen LogP contribution is 2.11. The van der Waals surface area contributed by atoms with Crippen LogP contribution in [0.3, 0.4) is 0 Å². The summed E-state index contributed by atoms with van der Waals surface area (Å²) in [5.74, 6) is 0.639. The predicted octanol–water partition coefficient (Wildman–Crippen LogP) is -0.436. The maximum atomic E-state index is 11.6. The van der Waals surface area contributed by atoms with Crippen LogP contribution < -0.4 is 22.3 Å². The van der Waals surface area contributed by atoms with Gasteiger partial charge in [-0.1, -0.05) is 5.16 Å². The molecule has 0 amide bonds. The highest BCUT2D eigenvalue weighted by molar-refractivity contribution is 5.60. The summed E-state index contributed by atoms with van der Waals surface area (Å²) >= 11 is 0. The maximum Gasteiger partial charge on any atom is 0.329 e. The predicted molar refractivity (Wildman–Crippen MR) is 65.3 cm³/mol. The Balaban J connectivity index is 2.27. The molecule has 0 bridgehead atoms. The van der Waals surface area contributed by atoms with Crippen molar-refractivity contribution in [1.29, 1.82) is 0 Å². The Labute approximate surface area is 101 Å². The van der Waals surface area contributed by atoms with Gasteiger partial charge < -0.3 is 15.6 Å². The first-order valence-electron chi connectivity index (χ1n) is 5.24. The molecule has 8 nitrogen and oxygen atoms in total. The van der Waals surface area contributed by atoms with E-state index in [1.807, 2.05) is 0 Å². The van der Waals surface area contributed by atoms with Gasteiger partial charge in [0.2, 0.25) is 0 Å². The van der Waals surface area contributed by atoms with E-state index in [-0.39, 0.29) is 18.1 Å². The fourth-order valence-electron chi connectivity index (χ4n) is 1.48. The number of hydrogen-bond donors (Lipinski definition) is 3. The number of aryl methyl sites for hydroxylation is 1.